The van der Waals surface area contributed by atoms with Gasteiger partial charge in [-0.15, -0.1) is 11.8 Å². The highest BCUT2D eigenvalue weighted by molar-refractivity contribution is 7.98. The van der Waals surface area contributed by atoms with Gasteiger partial charge < -0.3 is 0 Å². The SMILES string of the molecule is CSc1ccc(C(NN)C(C)C)cc1. The predicted molar refractivity (Wildman–Crippen MR) is 63.1 cm³/mol. The second kappa shape index (κ2) is 5.39. The number of hydrogen-bond donors (Lipinski definition) is 2. The Kier molecular flexibility index (Phi) is 4.45. The van der Waals surface area contributed by atoms with Crippen LogP contribution in [-0.4, -0.2) is 6.26 Å². The maximum absolute atomic E-state index is 5.52. The van der Waals surface area contributed by atoms with Gasteiger partial charge in [-0.2, -0.15) is 0 Å². The van der Waals surface area contributed by atoms with E-state index in [1.54, 1.807) is 11.8 Å². The Morgan fingerprint density at radius 1 is 1.21 bits per heavy atom. The first-order chi connectivity index (χ1) is 6.69. The molecule has 1 aromatic carbocycles. The molecule has 1 rings (SSSR count). The van der Waals surface area contributed by atoms with Gasteiger partial charge in [0.2, 0.25) is 0 Å². The second-order valence-electron chi connectivity index (χ2n) is 3.66. The van der Waals surface area contributed by atoms with Crippen LogP contribution in [0.1, 0.15) is 25.5 Å². The molecule has 78 valence electrons. The van der Waals surface area contributed by atoms with E-state index in [4.69, 9.17) is 5.84 Å². The van der Waals surface area contributed by atoms with Gasteiger partial charge in [0.05, 0.1) is 0 Å². The number of nitrogens with one attached hydrogen (secondary N) is 1. The molecule has 3 heteroatoms. The van der Waals surface area contributed by atoms with Crippen molar-refractivity contribution in [1.29, 1.82) is 0 Å². The largest absolute Gasteiger partial charge is 0.271 e. The summed E-state index contributed by atoms with van der Waals surface area (Å²) < 4.78 is 0. The van der Waals surface area contributed by atoms with E-state index >= 15 is 0 Å². The first kappa shape index (κ1) is 11.6. The Morgan fingerprint density at radius 3 is 2.14 bits per heavy atom. The minimum Gasteiger partial charge on any atom is -0.271 e. The third-order valence-corrected chi connectivity index (χ3v) is 3.06. The van der Waals surface area contributed by atoms with Gasteiger partial charge in [0.25, 0.3) is 0 Å². The van der Waals surface area contributed by atoms with E-state index in [9.17, 15) is 0 Å². The summed E-state index contributed by atoms with van der Waals surface area (Å²) in [6, 6.07) is 8.78. The van der Waals surface area contributed by atoms with E-state index < -0.39 is 0 Å². The van der Waals surface area contributed by atoms with Crippen molar-refractivity contribution in [3.05, 3.63) is 29.8 Å². The summed E-state index contributed by atoms with van der Waals surface area (Å²) in [5, 5.41) is 0. The molecule has 1 unspecified atom stereocenters. The Labute approximate surface area is 90.2 Å². The molecule has 0 saturated carbocycles. The van der Waals surface area contributed by atoms with Crippen LogP contribution < -0.4 is 11.3 Å². The predicted octanol–water partition coefficient (Wildman–Crippen LogP) is 2.57. The van der Waals surface area contributed by atoms with Crippen molar-refractivity contribution in [3.8, 4) is 0 Å². The van der Waals surface area contributed by atoms with E-state index in [2.05, 4.69) is 49.8 Å². The van der Waals surface area contributed by atoms with Crippen LogP contribution in [-0.2, 0) is 0 Å². The van der Waals surface area contributed by atoms with Crippen molar-refractivity contribution in [2.45, 2.75) is 24.8 Å². The van der Waals surface area contributed by atoms with Crippen molar-refractivity contribution in [2.24, 2.45) is 11.8 Å². The Morgan fingerprint density at radius 2 is 1.79 bits per heavy atom. The fourth-order valence-electron chi connectivity index (χ4n) is 1.48. The highest BCUT2D eigenvalue weighted by Gasteiger charge is 2.12. The van der Waals surface area contributed by atoms with E-state index in [1.165, 1.54) is 10.5 Å². The molecule has 0 aliphatic carbocycles. The molecule has 1 atom stereocenters. The van der Waals surface area contributed by atoms with Crippen LogP contribution in [0.2, 0.25) is 0 Å². The summed E-state index contributed by atoms with van der Waals surface area (Å²) in [5.74, 6) is 6.02. The fraction of sp³-hybridized carbons (Fsp3) is 0.455. The van der Waals surface area contributed by atoms with Crippen LogP contribution in [0.5, 0.6) is 0 Å². The minimum absolute atomic E-state index is 0.242. The van der Waals surface area contributed by atoms with Crippen molar-refractivity contribution in [1.82, 2.24) is 5.43 Å². The molecular weight excluding hydrogens is 192 g/mol. The average Bonchev–Trinajstić information content (AvgIpc) is 2.19. The molecule has 3 N–H and O–H groups in total. The molecule has 0 radical (unpaired) electrons. The van der Waals surface area contributed by atoms with Gasteiger partial charge in [-0.05, 0) is 29.9 Å². The molecular formula is C11H18N2S. The topological polar surface area (TPSA) is 38.0 Å². The monoisotopic (exact) mass is 210 g/mol. The zero-order valence-corrected chi connectivity index (χ0v) is 9.77. The summed E-state index contributed by atoms with van der Waals surface area (Å²) in [5.41, 5.74) is 4.10. The summed E-state index contributed by atoms with van der Waals surface area (Å²) in [7, 11) is 0. The Bertz CT molecular complexity index is 269. The average molecular weight is 210 g/mol. The molecule has 0 saturated heterocycles. The van der Waals surface area contributed by atoms with Crippen LogP contribution in [0.25, 0.3) is 0 Å². The summed E-state index contributed by atoms with van der Waals surface area (Å²) in [6.45, 7) is 4.32. The van der Waals surface area contributed by atoms with E-state index in [-0.39, 0.29) is 6.04 Å². The van der Waals surface area contributed by atoms with E-state index in [0.29, 0.717) is 5.92 Å². The first-order valence-corrected chi connectivity index (χ1v) is 6.01. The fourth-order valence-corrected chi connectivity index (χ4v) is 1.89. The van der Waals surface area contributed by atoms with Crippen molar-refractivity contribution in [2.75, 3.05) is 6.26 Å². The van der Waals surface area contributed by atoms with Gasteiger partial charge in [-0.3, -0.25) is 11.3 Å². The quantitative estimate of drug-likeness (QED) is 0.456. The third-order valence-electron chi connectivity index (χ3n) is 2.32. The molecule has 0 spiro atoms. The number of hydrazine groups is 1. The number of nitrogens with two attached hydrogens (primary N) is 1. The molecule has 0 aromatic heterocycles. The van der Waals surface area contributed by atoms with Crippen LogP contribution in [0.15, 0.2) is 29.2 Å². The van der Waals surface area contributed by atoms with Gasteiger partial charge in [0.15, 0.2) is 0 Å². The van der Waals surface area contributed by atoms with Crippen LogP contribution >= 0.6 is 11.8 Å². The summed E-state index contributed by atoms with van der Waals surface area (Å²) >= 11 is 1.75. The van der Waals surface area contributed by atoms with Gasteiger partial charge in [-0.1, -0.05) is 26.0 Å². The van der Waals surface area contributed by atoms with Crippen molar-refractivity contribution < 1.29 is 0 Å². The van der Waals surface area contributed by atoms with E-state index in [0.717, 1.165) is 0 Å². The van der Waals surface area contributed by atoms with Gasteiger partial charge in [-0.25, -0.2) is 0 Å². The lowest BCUT2D eigenvalue weighted by molar-refractivity contribution is 0.421. The molecule has 0 aliphatic heterocycles. The van der Waals surface area contributed by atoms with Crippen LogP contribution in [0.3, 0.4) is 0 Å². The van der Waals surface area contributed by atoms with Crippen molar-refractivity contribution in [3.63, 3.8) is 0 Å². The lowest BCUT2D eigenvalue weighted by Gasteiger charge is -2.20. The lowest BCUT2D eigenvalue weighted by atomic mass is 9.97. The van der Waals surface area contributed by atoms with Gasteiger partial charge >= 0.3 is 0 Å². The smallest absolute Gasteiger partial charge is 0.0482 e. The number of rotatable bonds is 4. The highest BCUT2D eigenvalue weighted by Crippen LogP contribution is 2.23. The van der Waals surface area contributed by atoms with Crippen LogP contribution in [0, 0.1) is 5.92 Å². The second-order valence-corrected chi connectivity index (χ2v) is 4.54. The molecule has 0 heterocycles. The molecule has 0 aliphatic rings. The normalized spacial score (nSPS) is 13.2. The number of benzene rings is 1. The highest BCUT2D eigenvalue weighted by atomic mass is 32.2. The zero-order valence-electron chi connectivity index (χ0n) is 8.95. The van der Waals surface area contributed by atoms with E-state index in [1.807, 2.05) is 0 Å². The molecule has 0 amide bonds. The maximum atomic E-state index is 5.52. The molecule has 2 nitrogen and oxygen atoms in total. The molecule has 14 heavy (non-hydrogen) atoms. The van der Waals surface area contributed by atoms with Gasteiger partial charge in [0.1, 0.15) is 0 Å². The standard InChI is InChI=1S/C11H18N2S/c1-8(2)11(13-12)9-4-6-10(14-3)7-5-9/h4-8,11,13H,12H2,1-3H3. The van der Waals surface area contributed by atoms with Crippen LogP contribution in [0.4, 0.5) is 0 Å². The maximum Gasteiger partial charge on any atom is 0.0482 e. The van der Waals surface area contributed by atoms with Crippen molar-refractivity contribution >= 4 is 11.8 Å². The molecule has 0 bridgehead atoms. The summed E-state index contributed by atoms with van der Waals surface area (Å²) in [6.07, 6.45) is 2.08. The minimum atomic E-state index is 0.242. The number of thioether (sulfide) groups is 1. The van der Waals surface area contributed by atoms with Gasteiger partial charge in [0, 0.05) is 10.9 Å². The lowest BCUT2D eigenvalue weighted by Crippen LogP contribution is -2.31. The zero-order chi connectivity index (χ0) is 10.6. The Hall–Kier alpha value is -0.510. The summed E-state index contributed by atoms with van der Waals surface area (Å²) in [4.78, 5) is 1.29. The molecule has 0 fully saturated rings. The number of hydrogen-bond acceptors (Lipinski definition) is 3. The first-order valence-electron chi connectivity index (χ1n) is 4.79. The molecule has 1 aromatic rings. The third kappa shape index (κ3) is 2.74. The Balaban J connectivity index is 2.84.